The molecule has 0 aliphatic carbocycles. The van der Waals surface area contributed by atoms with Gasteiger partial charge in [0, 0.05) is 35.6 Å². The molecule has 1 aliphatic rings. The molecule has 0 atom stereocenters. The molecule has 5 aromatic rings. The van der Waals surface area contributed by atoms with Crippen LogP contribution in [0.2, 0.25) is 0 Å². The van der Waals surface area contributed by atoms with Gasteiger partial charge in [0.25, 0.3) is 0 Å². The molecule has 0 bridgehead atoms. The SMILES string of the molecule is CC(C)(C)c1ccc(-c2nnc(-c3ccc(N4c5ccc(Br)cc5Sc5cc(Br)ccc54)cc3)o2)cc1. The van der Waals surface area contributed by atoms with Gasteiger partial charge in [0.05, 0.1) is 11.4 Å². The Labute approximate surface area is 237 Å². The van der Waals surface area contributed by atoms with Crippen molar-refractivity contribution < 1.29 is 4.42 Å². The average Bonchev–Trinajstić information content (AvgIpc) is 3.37. The second-order valence-electron chi connectivity index (χ2n) is 9.95. The van der Waals surface area contributed by atoms with Crippen LogP contribution < -0.4 is 4.90 Å². The Kier molecular flexibility index (Phi) is 6.25. The molecule has 0 spiro atoms. The molecule has 1 aromatic heterocycles. The Morgan fingerprint density at radius 1 is 0.676 bits per heavy atom. The van der Waals surface area contributed by atoms with Crippen molar-refractivity contribution >= 4 is 60.7 Å². The van der Waals surface area contributed by atoms with E-state index in [0.717, 1.165) is 37.1 Å². The minimum Gasteiger partial charge on any atom is -0.416 e. The molecule has 0 N–H and O–H groups in total. The number of halogens is 2. The predicted octanol–water partition coefficient (Wildman–Crippen LogP) is 10.2. The van der Waals surface area contributed by atoms with Crippen molar-refractivity contribution in [2.75, 3.05) is 4.90 Å². The van der Waals surface area contributed by atoms with Crippen LogP contribution >= 0.6 is 43.6 Å². The number of anilines is 3. The zero-order valence-corrected chi connectivity index (χ0v) is 24.5. The number of rotatable bonds is 3. The fraction of sp³-hybridized carbons (Fsp3) is 0.133. The first kappa shape index (κ1) is 24.5. The molecule has 6 rings (SSSR count). The summed E-state index contributed by atoms with van der Waals surface area (Å²) in [5, 5.41) is 8.63. The first-order chi connectivity index (χ1) is 17.8. The summed E-state index contributed by atoms with van der Waals surface area (Å²) in [4.78, 5) is 4.69. The van der Waals surface area contributed by atoms with Gasteiger partial charge in [0.1, 0.15) is 0 Å². The van der Waals surface area contributed by atoms with E-state index >= 15 is 0 Å². The lowest BCUT2D eigenvalue weighted by atomic mass is 9.87. The second kappa shape index (κ2) is 9.46. The molecule has 0 radical (unpaired) electrons. The van der Waals surface area contributed by atoms with Crippen LogP contribution in [0, 0.1) is 0 Å². The van der Waals surface area contributed by atoms with Gasteiger partial charge in [0.15, 0.2) is 0 Å². The number of fused-ring (bicyclic) bond motifs is 2. The van der Waals surface area contributed by atoms with Crippen LogP contribution in [-0.4, -0.2) is 10.2 Å². The summed E-state index contributed by atoms with van der Waals surface area (Å²) in [6.45, 7) is 6.61. The third-order valence-electron chi connectivity index (χ3n) is 6.34. The van der Waals surface area contributed by atoms with Crippen molar-refractivity contribution in [3.05, 3.63) is 99.4 Å². The lowest BCUT2D eigenvalue weighted by Gasteiger charge is -2.33. The zero-order chi connectivity index (χ0) is 25.7. The highest BCUT2D eigenvalue weighted by atomic mass is 79.9. The summed E-state index contributed by atoms with van der Waals surface area (Å²) >= 11 is 9.02. The lowest BCUT2D eigenvalue weighted by Crippen LogP contribution is -2.14. The lowest BCUT2D eigenvalue weighted by molar-refractivity contribution is 0.582. The van der Waals surface area contributed by atoms with Crippen LogP contribution in [-0.2, 0) is 5.41 Å². The molecule has 2 heterocycles. The Morgan fingerprint density at radius 3 is 1.65 bits per heavy atom. The van der Waals surface area contributed by atoms with Crippen molar-refractivity contribution in [1.29, 1.82) is 0 Å². The summed E-state index contributed by atoms with van der Waals surface area (Å²) in [5.41, 5.74) is 6.52. The Balaban J connectivity index is 1.32. The fourth-order valence-electron chi connectivity index (χ4n) is 4.36. The van der Waals surface area contributed by atoms with E-state index < -0.39 is 0 Å². The standard InChI is InChI=1S/C30H23Br2N3OS/c1-30(2,3)20-8-4-18(5-9-20)28-33-34-29(36-28)19-6-12-23(13-7-19)35-24-14-10-21(31)16-26(24)37-27-17-22(32)11-15-25(27)35/h4-17H,1-3H3. The molecule has 4 nitrogen and oxygen atoms in total. The van der Waals surface area contributed by atoms with E-state index in [2.05, 4.69) is 128 Å². The van der Waals surface area contributed by atoms with E-state index in [1.54, 1.807) is 11.8 Å². The normalized spacial score (nSPS) is 12.8. The molecule has 0 saturated heterocycles. The third-order valence-corrected chi connectivity index (χ3v) is 8.42. The molecule has 4 aromatic carbocycles. The van der Waals surface area contributed by atoms with Crippen LogP contribution in [0.15, 0.2) is 108 Å². The van der Waals surface area contributed by atoms with Gasteiger partial charge in [0.2, 0.25) is 11.8 Å². The van der Waals surface area contributed by atoms with Crippen molar-refractivity contribution in [3.63, 3.8) is 0 Å². The van der Waals surface area contributed by atoms with Gasteiger partial charge in [-0.2, -0.15) is 0 Å². The minimum absolute atomic E-state index is 0.0986. The quantitative estimate of drug-likeness (QED) is 0.194. The van der Waals surface area contributed by atoms with Crippen LogP contribution in [0.5, 0.6) is 0 Å². The topological polar surface area (TPSA) is 42.2 Å². The van der Waals surface area contributed by atoms with Crippen LogP contribution in [0.25, 0.3) is 22.9 Å². The first-order valence-corrected chi connectivity index (χ1v) is 14.3. The maximum absolute atomic E-state index is 6.06. The van der Waals surface area contributed by atoms with Gasteiger partial charge in [-0.15, -0.1) is 10.2 Å². The van der Waals surface area contributed by atoms with E-state index in [1.165, 1.54) is 15.4 Å². The fourth-order valence-corrected chi connectivity index (χ4v) is 6.52. The van der Waals surface area contributed by atoms with Gasteiger partial charge >= 0.3 is 0 Å². The molecule has 0 saturated carbocycles. The number of benzene rings is 4. The van der Waals surface area contributed by atoms with Gasteiger partial charge in [-0.05, 0) is 83.8 Å². The Morgan fingerprint density at radius 2 is 1.16 bits per heavy atom. The molecule has 7 heteroatoms. The van der Waals surface area contributed by atoms with Crippen LogP contribution in [0.4, 0.5) is 17.1 Å². The second-order valence-corrected chi connectivity index (χ2v) is 12.9. The summed E-state index contributed by atoms with van der Waals surface area (Å²) in [6.07, 6.45) is 0. The molecule has 184 valence electrons. The molecule has 37 heavy (non-hydrogen) atoms. The van der Waals surface area contributed by atoms with E-state index in [1.807, 2.05) is 24.3 Å². The minimum atomic E-state index is 0.0986. The van der Waals surface area contributed by atoms with E-state index in [0.29, 0.717) is 11.8 Å². The van der Waals surface area contributed by atoms with Gasteiger partial charge in [-0.25, -0.2) is 0 Å². The molecule has 0 fully saturated rings. The summed E-state index contributed by atoms with van der Waals surface area (Å²) in [7, 11) is 0. The number of hydrogen-bond donors (Lipinski definition) is 0. The summed E-state index contributed by atoms with van der Waals surface area (Å²) in [5.74, 6) is 1.02. The Hall–Kier alpha value is -2.87. The van der Waals surface area contributed by atoms with Crippen molar-refractivity contribution in [3.8, 4) is 22.9 Å². The summed E-state index contributed by atoms with van der Waals surface area (Å²) in [6, 6.07) is 29.4. The smallest absolute Gasteiger partial charge is 0.248 e. The Bertz CT molecular complexity index is 1550. The predicted molar refractivity (Wildman–Crippen MR) is 158 cm³/mol. The van der Waals surface area contributed by atoms with Crippen LogP contribution in [0.3, 0.4) is 0 Å². The van der Waals surface area contributed by atoms with E-state index in [4.69, 9.17) is 4.42 Å². The van der Waals surface area contributed by atoms with Crippen molar-refractivity contribution in [2.45, 2.75) is 36.0 Å². The molecular formula is C30H23Br2N3OS. The zero-order valence-electron chi connectivity index (χ0n) is 20.5. The van der Waals surface area contributed by atoms with Gasteiger partial charge in [-0.1, -0.05) is 76.5 Å². The number of hydrogen-bond acceptors (Lipinski definition) is 5. The monoisotopic (exact) mass is 631 g/mol. The highest BCUT2D eigenvalue weighted by Crippen LogP contribution is 2.52. The van der Waals surface area contributed by atoms with E-state index in [9.17, 15) is 0 Å². The maximum atomic E-state index is 6.06. The number of nitrogens with zero attached hydrogens (tertiary/aromatic N) is 3. The summed E-state index contributed by atoms with van der Waals surface area (Å²) < 4.78 is 8.18. The molecule has 0 amide bonds. The van der Waals surface area contributed by atoms with Crippen LogP contribution in [0.1, 0.15) is 26.3 Å². The van der Waals surface area contributed by atoms with Gasteiger partial charge in [-0.3, -0.25) is 0 Å². The highest BCUT2D eigenvalue weighted by Gasteiger charge is 2.25. The maximum Gasteiger partial charge on any atom is 0.248 e. The van der Waals surface area contributed by atoms with Crippen molar-refractivity contribution in [2.24, 2.45) is 0 Å². The molecule has 1 aliphatic heterocycles. The van der Waals surface area contributed by atoms with Gasteiger partial charge < -0.3 is 9.32 Å². The molecular weight excluding hydrogens is 610 g/mol. The average molecular weight is 633 g/mol. The van der Waals surface area contributed by atoms with Crippen molar-refractivity contribution in [1.82, 2.24) is 10.2 Å². The third kappa shape index (κ3) is 4.76. The molecule has 0 unspecified atom stereocenters. The largest absolute Gasteiger partial charge is 0.416 e. The highest BCUT2D eigenvalue weighted by molar-refractivity contribution is 9.10. The first-order valence-electron chi connectivity index (χ1n) is 11.9. The van der Waals surface area contributed by atoms with E-state index in [-0.39, 0.29) is 5.41 Å². The number of aromatic nitrogens is 2.